The fraction of sp³-hybridized carbons (Fsp3) is 0.286. The van der Waals surface area contributed by atoms with Crippen LogP contribution in [0.2, 0.25) is 0 Å². The predicted octanol–water partition coefficient (Wildman–Crippen LogP) is 1.18. The Bertz CT molecular complexity index is 312. The van der Waals surface area contributed by atoms with Crippen LogP contribution in [0.1, 0.15) is 11.5 Å². The van der Waals surface area contributed by atoms with E-state index >= 15 is 0 Å². The van der Waals surface area contributed by atoms with E-state index in [1.54, 1.807) is 13.8 Å². The molecule has 0 fully saturated rings. The van der Waals surface area contributed by atoms with E-state index in [1.165, 1.54) is 6.20 Å². The summed E-state index contributed by atoms with van der Waals surface area (Å²) in [6, 6.07) is 0. The summed E-state index contributed by atoms with van der Waals surface area (Å²) in [5.74, 6) is 0.628. The van der Waals surface area contributed by atoms with E-state index in [0.29, 0.717) is 17.2 Å². The maximum atomic E-state index is 10.2. The lowest BCUT2D eigenvalue weighted by Gasteiger charge is -2.03. The van der Waals surface area contributed by atoms with Crippen molar-refractivity contribution >= 4 is 11.8 Å². The summed E-state index contributed by atoms with van der Waals surface area (Å²) < 4.78 is 0. The minimum Gasteiger partial charge on any atom is -0.465 e. The number of aryl methyl sites for hydroxylation is 2. The van der Waals surface area contributed by atoms with Gasteiger partial charge in [-0.3, -0.25) is 5.32 Å². The first-order chi connectivity index (χ1) is 5.59. The van der Waals surface area contributed by atoms with Crippen LogP contribution in [-0.4, -0.2) is 21.2 Å². The monoisotopic (exact) mass is 167 g/mol. The molecule has 0 aliphatic heterocycles. The summed E-state index contributed by atoms with van der Waals surface area (Å²) in [5, 5.41) is 10.6. The van der Waals surface area contributed by atoms with Crippen molar-refractivity contribution in [1.29, 1.82) is 0 Å². The molecular weight excluding hydrogens is 158 g/mol. The second-order valence-electron chi connectivity index (χ2n) is 2.35. The van der Waals surface area contributed by atoms with E-state index in [1.807, 2.05) is 0 Å². The van der Waals surface area contributed by atoms with Crippen LogP contribution in [0.4, 0.5) is 10.5 Å². The Labute approximate surface area is 69.5 Å². The summed E-state index contributed by atoms with van der Waals surface area (Å²) in [7, 11) is 0. The third-order valence-corrected chi connectivity index (χ3v) is 1.34. The van der Waals surface area contributed by atoms with E-state index in [4.69, 9.17) is 5.11 Å². The van der Waals surface area contributed by atoms with Gasteiger partial charge in [0.05, 0.1) is 17.6 Å². The molecule has 0 aliphatic carbocycles. The highest BCUT2D eigenvalue weighted by Gasteiger charge is 2.02. The van der Waals surface area contributed by atoms with Gasteiger partial charge < -0.3 is 5.11 Å². The largest absolute Gasteiger partial charge is 0.465 e. The normalized spacial score (nSPS) is 9.50. The fourth-order valence-corrected chi connectivity index (χ4v) is 0.821. The molecule has 64 valence electrons. The van der Waals surface area contributed by atoms with Crippen molar-refractivity contribution in [3.63, 3.8) is 0 Å². The maximum Gasteiger partial charge on any atom is 0.409 e. The molecule has 0 unspecified atom stereocenters. The molecule has 1 heterocycles. The van der Waals surface area contributed by atoms with Crippen molar-refractivity contribution in [3.05, 3.63) is 17.7 Å². The number of carbonyl (C=O) groups is 1. The fourth-order valence-electron chi connectivity index (χ4n) is 0.821. The van der Waals surface area contributed by atoms with Crippen molar-refractivity contribution < 1.29 is 9.90 Å². The first-order valence-corrected chi connectivity index (χ1v) is 3.40. The molecule has 12 heavy (non-hydrogen) atoms. The molecule has 1 rings (SSSR count). The molecule has 1 aromatic heterocycles. The number of hydrogen-bond acceptors (Lipinski definition) is 3. The van der Waals surface area contributed by atoms with Crippen molar-refractivity contribution in [2.24, 2.45) is 0 Å². The lowest BCUT2D eigenvalue weighted by molar-refractivity contribution is 0.209. The number of amides is 1. The highest BCUT2D eigenvalue weighted by Crippen LogP contribution is 2.09. The van der Waals surface area contributed by atoms with Gasteiger partial charge in [0.2, 0.25) is 0 Å². The zero-order chi connectivity index (χ0) is 9.14. The molecule has 0 saturated carbocycles. The Balaban J connectivity index is 2.93. The van der Waals surface area contributed by atoms with Crippen molar-refractivity contribution in [1.82, 2.24) is 9.97 Å². The Morgan fingerprint density at radius 2 is 2.25 bits per heavy atom. The third-order valence-electron chi connectivity index (χ3n) is 1.34. The SMILES string of the molecule is Cc1ncc(NC(=O)O)c(C)n1. The molecule has 0 radical (unpaired) electrons. The van der Waals surface area contributed by atoms with Crippen LogP contribution < -0.4 is 5.32 Å². The number of nitrogens with zero attached hydrogens (tertiary/aromatic N) is 2. The zero-order valence-corrected chi connectivity index (χ0v) is 6.83. The van der Waals surface area contributed by atoms with Gasteiger partial charge in [-0.2, -0.15) is 0 Å². The first kappa shape index (κ1) is 8.45. The highest BCUT2D eigenvalue weighted by molar-refractivity contribution is 5.83. The van der Waals surface area contributed by atoms with Crippen LogP contribution >= 0.6 is 0 Å². The van der Waals surface area contributed by atoms with Gasteiger partial charge in [-0.1, -0.05) is 0 Å². The number of rotatable bonds is 1. The van der Waals surface area contributed by atoms with E-state index in [0.717, 1.165) is 0 Å². The summed E-state index contributed by atoms with van der Waals surface area (Å²) in [5.41, 5.74) is 1.05. The molecule has 0 spiro atoms. The standard InChI is InChI=1S/C7H9N3O2/c1-4-6(10-7(11)12)3-8-5(2)9-4/h3,10H,1-2H3,(H,11,12). The number of anilines is 1. The molecule has 0 saturated heterocycles. The highest BCUT2D eigenvalue weighted by atomic mass is 16.4. The molecule has 5 heteroatoms. The second kappa shape index (κ2) is 3.17. The predicted molar refractivity (Wildman–Crippen MR) is 43.2 cm³/mol. The number of aromatic nitrogens is 2. The molecular formula is C7H9N3O2. The van der Waals surface area contributed by atoms with Gasteiger partial charge >= 0.3 is 6.09 Å². The van der Waals surface area contributed by atoms with Gasteiger partial charge in [0.15, 0.2) is 0 Å². The molecule has 0 aliphatic rings. The van der Waals surface area contributed by atoms with Crippen LogP contribution in [0.15, 0.2) is 6.20 Å². The summed E-state index contributed by atoms with van der Waals surface area (Å²) >= 11 is 0. The topological polar surface area (TPSA) is 75.1 Å². The van der Waals surface area contributed by atoms with Crippen molar-refractivity contribution in [3.8, 4) is 0 Å². The molecule has 0 atom stereocenters. The number of nitrogens with one attached hydrogen (secondary N) is 1. The zero-order valence-electron chi connectivity index (χ0n) is 6.83. The Kier molecular flexibility index (Phi) is 2.23. The minimum absolute atomic E-state index is 0.424. The number of carboxylic acid groups (broad SMARTS) is 1. The Morgan fingerprint density at radius 3 is 2.75 bits per heavy atom. The van der Waals surface area contributed by atoms with E-state index in [2.05, 4.69) is 15.3 Å². The molecule has 2 N–H and O–H groups in total. The van der Waals surface area contributed by atoms with Gasteiger partial charge in [0.1, 0.15) is 5.82 Å². The minimum atomic E-state index is -1.11. The van der Waals surface area contributed by atoms with E-state index < -0.39 is 6.09 Å². The van der Waals surface area contributed by atoms with E-state index in [-0.39, 0.29) is 0 Å². The quantitative estimate of drug-likeness (QED) is 0.658. The van der Waals surface area contributed by atoms with Crippen LogP contribution in [0.5, 0.6) is 0 Å². The van der Waals surface area contributed by atoms with Crippen LogP contribution in [0.3, 0.4) is 0 Å². The molecule has 0 aromatic carbocycles. The van der Waals surface area contributed by atoms with Gasteiger partial charge in [0, 0.05) is 0 Å². The Morgan fingerprint density at radius 1 is 1.58 bits per heavy atom. The Hall–Kier alpha value is -1.65. The van der Waals surface area contributed by atoms with Crippen LogP contribution in [0, 0.1) is 13.8 Å². The number of hydrogen-bond donors (Lipinski definition) is 2. The van der Waals surface area contributed by atoms with Crippen molar-refractivity contribution in [2.75, 3.05) is 5.32 Å². The van der Waals surface area contributed by atoms with Gasteiger partial charge in [0.25, 0.3) is 0 Å². The maximum absolute atomic E-state index is 10.2. The third kappa shape index (κ3) is 1.91. The molecule has 5 nitrogen and oxygen atoms in total. The first-order valence-electron chi connectivity index (χ1n) is 3.40. The van der Waals surface area contributed by atoms with Crippen LogP contribution in [0.25, 0.3) is 0 Å². The van der Waals surface area contributed by atoms with Crippen LogP contribution in [-0.2, 0) is 0 Å². The lowest BCUT2D eigenvalue weighted by Crippen LogP contribution is -2.10. The average Bonchev–Trinajstić information content (AvgIpc) is 1.94. The van der Waals surface area contributed by atoms with Gasteiger partial charge in [-0.25, -0.2) is 14.8 Å². The smallest absolute Gasteiger partial charge is 0.409 e. The summed E-state index contributed by atoms with van der Waals surface area (Å²) in [4.78, 5) is 18.1. The summed E-state index contributed by atoms with van der Waals surface area (Å²) in [6.45, 7) is 3.47. The lowest BCUT2D eigenvalue weighted by atomic mass is 10.3. The summed E-state index contributed by atoms with van der Waals surface area (Å²) in [6.07, 6.45) is 0.344. The van der Waals surface area contributed by atoms with Gasteiger partial charge in [-0.15, -0.1) is 0 Å². The van der Waals surface area contributed by atoms with E-state index in [9.17, 15) is 4.79 Å². The molecule has 1 aromatic rings. The molecule has 0 bridgehead atoms. The van der Waals surface area contributed by atoms with Gasteiger partial charge in [-0.05, 0) is 13.8 Å². The molecule has 1 amide bonds. The van der Waals surface area contributed by atoms with Crippen molar-refractivity contribution in [2.45, 2.75) is 13.8 Å². The average molecular weight is 167 g/mol. The second-order valence-corrected chi connectivity index (χ2v) is 2.35.